The summed E-state index contributed by atoms with van der Waals surface area (Å²) in [6.45, 7) is 6.33. The third kappa shape index (κ3) is 3.36. The Bertz CT molecular complexity index is 340. The second-order valence-corrected chi connectivity index (χ2v) is 4.28. The van der Waals surface area contributed by atoms with Gasteiger partial charge in [-0.1, -0.05) is 44.2 Å². The number of hydrogen-bond acceptors (Lipinski definition) is 2. The second-order valence-electron chi connectivity index (χ2n) is 4.28. The van der Waals surface area contributed by atoms with Gasteiger partial charge in [0.05, 0.1) is 6.07 Å². The lowest BCUT2D eigenvalue weighted by atomic mass is 9.93. The standard InChI is InChI=1S/C14H20N2/c1-4-11(2)16-14(10-15)12(3)13-8-6-5-7-9-13/h5-9,11-12,14,16H,4H2,1-3H3. The number of hydrogen-bond donors (Lipinski definition) is 1. The zero-order valence-electron chi connectivity index (χ0n) is 10.3. The monoisotopic (exact) mass is 216 g/mol. The van der Waals surface area contributed by atoms with Gasteiger partial charge in [0.2, 0.25) is 0 Å². The molecule has 1 N–H and O–H groups in total. The van der Waals surface area contributed by atoms with Gasteiger partial charge in [0, 0.05) is 12.0 Å². The van der Waals surface area contributed by atoms with E-state index in [-0.39, 0.29) is 12.0 Å². The van der Waals surface area contributed by atoms with Crippen molar-refractivity contribution < 1.29 is 0 Å². The van der Waals surface area contributed by atoms with Gasteiger partial charge in [0.25, 0.3) is 0 Å². The maximum absolute atomic E-state index is 9.19. The van der Waals surface area contributed by atoms with Crippen LogP contribution < -0.4 is 5.32 Å². The first-order chi connectivity index (χ1) is 7.69. The Morgan fingerprint density at radius 1 is 1.25 bits per heavy atom. The predicted octanol–water partition coefficient (Wildman–Crippen LogP) is 3.07. The summed E-state index contributed by atoms with van der Waals surface area (Å²) in [5.41, 5.74) is 1.21. The number of benzene rings is 1. The molecule has 3 unspecified atom stereocenters. The first-order valence-electron chi connectivity index (χ1n) is 5.89. The van der Waals surface area contributed by atoms with E-state index >= 15 is 0 Å². The highest BCUT2D eigenvalue weighted by Gasteiger charge is 2.19. The van der Waals surface area contributed by atoms with E-state index in [0.717, 1.165) is 6.42 Å². The minimum Gasteiger partial charge on any atom is -0.299 e. The van der Waals surface area contributed by atoms with E-state index in [4.69, 9.17) is 0 Å². The molecule has 2 nitrogen and oxygen atoms in total. The van der Waals surface area contributed by atoms with Crippen molar-refractivity contribution in [1.29, 1.82) is 5.26 Å². The minimum atomic E-state index is -0.114. The summed E-state index contributed by atoms with van der Waals surface area (Å²) in [7, 11) is 0. The van der Waals surface area contributed by atoms with Gasteiger partial charge in [-0.25, -0.2) is 0 Å². The summed E-state index contributed by atoms with van der Waals surface area (Å²) < 4.78 is 0. The van der Waals surface area contributed by atoms with Gasteiger partial charge >= 0.3 is 0 Å². The SMILES string of the molecule is CCC(C)NC(C#N)C(C)c1ccccc1. The molecule has 0 fully saturated rings. The Labute approximate surface area is 98.3 Å². The summed E-state index contributed by atoms with van der Waals surface area (Å²) in [4.78, 5) is 0. The molecule has 2 heteroatoms. The summed E-state index contributed by atoms with van der Waals surface area (Å²) in [5.74, 6) is 0.222. The summed E-state index contributed by atoms with van der Waals surface area (Å²) in [6, 6.07) is 12.8. The topological polar surface area (TPSA) is 35.8 Å². The van der Waals surface area contributed by atoms with Crippen LogP contribution in [0.1, 0.15) is 38.7 Å². The fourth-order valence-electron chi connectivity index (χ4n) is 1.67. The van der Waals surface area contributed by atoms with Gasteiger partial charge in [-0.3, -0.25) is 5.32 Å². The van der Waals surface area contributed by atoms with Crippen LogP contribution in [0.25, 0.3) is 0 Å². The molecule has 1 aromatic carbocycles. The largest absolute Gasteiger partial charge is 0.299 e. The molecular formula is C14H20N2. The third-order valence-corrected chi connectivity index (χ3v) is 3.04. The molecule has 0 amide bonds. The molecule has 16 heavy (non-hydrogen) atoms. The van der Waals surface area contributed by atoms with Crippen molar-refractivity contribution in [2.45, 2.75) is 45.2 Å². The fraction of sp³-hybridized carbons (Fsp3) is 0.500. The van der Waals surface area contributed by atoms with Crippen molar-refractivity contribution in [2.75, 3.05) is 0 Å². The maximum Gasteiger partial charge on any atom is 0.102 e. The minimum absolute atomic E-state index is 0.114. The molecule has 0 aliphatic rings. The molecule has 1 rings (SSSR count). The van der Waals surface area contributed by atoms with Crippen LogP contribution in [0.2, 0.25) is 0 Å². The Balaban J connectivity index is 2.71. The van der Waals surface area contributed by atoms with Crippen molar-refractivity contribution in [2.24, 2.45) is 0 Å². The highest BCUT2D eigenvalue weighted by molar-refractivity contribution is 5.23. The molecule has 1 aromatic rings. The quantitative estimate of drug-likeness (QED) is 0.821. The van der Waals surface area contributed by atoms with Crippen LogP contribution in [-0.2, 0) is 0 Å². The Kier molecular flexibility index (Phi) is 5.01. The van der Waals surface area contributed by atoms with Gasteiger partial charge in [-0.15, -0.1) is 0 Å². The van der Waals surface area contributed by atoms with E-state index in [1.54, 1.807) is 0 Å². The second kappa shape index (κ2) is 6.30. The van der Waals surface area contributed by atoms with Crippen molar-refractivity contribution in [3.05, 3.63) is 35.9 Å². The van der Waals surface area contributed by atoms with Gasteiger partial charge in [0.1, 0.15) is 6.04 Å². The Hall–Kier alpha value is -1.33. The molecule has 0 aliphatic heterocycles. The smallest absolute Gasteiger partial charge is 0.102 e. The average Bonchev–Trinajstić information content (AvgIpc) is 2.35. The van der Waals surface area contributed by atoms with Crippen LogP contribution in [-0.4, -0.2) is 12.1 Å². The highest BCUT2D eigenvalue weighted by atomic mass is 14.9. The lowest BCUT2D eigenvalue weighted by molar-refractivity contribution is 0.452. The number of nitrogens with one attached hydrogen (secondary N) is 1. The molecule has 0 heterocycles. The van der Waals surface area contributed by atoms with Gasteiger partial charge in [-0.2, -0.15) is 5.26 Å². The lowest BCUT2D eigenvalue weighted by Crippen LogP contribution is -2.38. The number of nitriles is 1. The van der Waals surface area contributed by atoms with Crippen LogP contribution in [0, 0.1) is 11.3 Å². The summed E-state index contributed by atoms with van der Waals surface area (Å²) >= 11 is 0. The van der Waals surface area contributed by atoms with Crippen LogP contribution in [0.15, 0.2) is 30.3 Å². The normalized spacial score (nSPS) is 16.1. The van der Waals surface area contributed by atoms with E-state index in [2.05, 4.69) is 44.3 Å². The number of nitrogens with zero attached hydrogens (tertiary/aromatic N) is 1. The lowest BCUT2D eigenvalue weighted by Gasteiger charge is -2.22. The molecular weight excluding hydrogens is 196 g/mol. The van der Waals surface area contributed by atoms with Crippen LogP contribution in [0.4, 0.5) is 0 Å². The molecule has 0 bridgehead atoms. The van der Waals surface area contributed by atoms with E-state index in [1.807, 2.05) is 18.2 Å². The van der Waals surface area contributed by atoms with E-state index in [0.29, 0.717) is 6.04 Å². The summed E-state index contributed by atoms with van der Waals surface area (Å²) in [6.07, 6.45) is 1.04. The third-order valence-electron chi connectivity index (χ3n) is 3.04. The van der Waals surface area contributed by atoms with Crippen LogP contribution in [0.5, 0.6) is 0 Å². The fourth-order valence-corrected chi connectivity index (χ4v) is 1.67. The molecule has 0 aromatic heterocycles. The van der Waals surface area contributed by atoms with Crippen molar-refractivity contribution in [3.8, 4) is 6.07 Å². The first kappa shape index (κ1) is 12.7. The van der Waals surface area contributed by atoms with Crippen molar-refractivity contribution >= 4 is 0 Å². The van der Waals surface area contributed by atoms with Crippen LogP contribution >= 0.6 is 0 Å². The van der Waals surface area contributed by atoms with Crippen molar-refractivity contribution in [3.63, 3.8) is 0 Å². The van der Waals surface area contributed by atoms with E-state index in [1.165, 1.54) is 5.56 Å². The Morgan fingerprint density at radius 2 is 1.88 bits per heavy atom. The molecule has 0 saturated carbocycles. The van der Waals surface area contributed by atoms with Gasteiger partial charge < -0.3 is 0 Å². The van der Waals surface area contributed by atoms with Gasteiger partial charge in [0.15, 0.2) is 0 Å². The maximum atomic E-state index is 9.19. The predicted molar refractivity (Wildman–Crippen MR) is 67.1 cm³/mol. The first-order valence-corrected chi connectivity index (χ1v) is 5.89. The highest BCUT2D eigenvalue weighted by Crippen LogP contribution is 2.19. The molecule has 0 radical (unpaired) electrons. The van der Waals surface area contributed by atoms with E-state index in [9.17, 15) is 5.26 Å². The Morgan fingerprint density at radius 3 is 2.38 bits per heavy atom. The zero-order valence-corrected chi connectivity index (χ0v) is 10.3. The number of rotatable bonds is 5. The molecule has 3 atom stereocenters. The summed E-state index contributed by atoms with van der Waals surface area (Å²) in [5, 5.41) is 12.5. The van der Waals surface area contributed by atoms with Crippen LogP contribution in [0.3, 0.4) is 0 Å². The van der Waals surface area contributed by atoms with Gasteiger partial charge in [-0.05, 0) is 18.9 Å². The zero-order chi connectivity index (χ0) is 12.0. The molecule has 0 saturated heterocycles. The molecule has 0 aliphatic carbocycles. The van der Waals surface area contributed by atoms with E-state index < -0.39 is 0 Å². The molecule has 86 valence electrons. The molecule has 0 spiro atoms. The average molecular weight is 216 g/mol. The van der Waals surface area contributed by atoms with Crippen molar-refractivity contribution in [1.82, 2.24) is 5.32 Å².